The predicted octanol–water partition coefficient (Wildman–Crippen LogP) is 5.95. The molecule has 1 aliphatic carbocycles. The van der Waals surface area contributed by atoms with Crippen molar-refractivity contribution in [3.8, 4) is 5.75 Å². The van der Waals surface area contributed by atoms with Crippen LogP contribution >= 0.6 is 11.8 Å². The molecule has 0 aromatic heterocycles. The van der Waals surface area contributed by atoms with Crippen LogP contribution in [0.4, 0.5) is 0 Å². The van der Waals surface area contributed by atoms with Crippen LogP contribution in [-0.2, 0) is 17.3 Å². The molecule has 22 heavy (non-hydrogen) atoms. The van der Waals surface area contributed by atoms with Gasteiger partial charge < -0.3 is 5.11 Å². The Hall–Kier alpha value is -0.630. The first-order valence-corrected chi connectivity index (χ1v) is 9.44. The largest absolute Gasteiger partial charge is 0.507 e. The summed E-state index contributed by atoms with van der Waals surface area (Å²) in [5, 5.41) is 11.0. The average molecular weight is 319 g/mol. The second kappa shape index (κ2) is 4.93. The summed E-state index contributed by atoms with van der Waals surface area (Å²) in [6.45, 7) is 13.3. The Bertz CT molecular complexity index is 596. The molecule has 1 spiro atoms. The topological polar surface area (TPSA) is 20.2 Å². The molecule has 0 atom stereocenters. The van der Waals surface area contributed by atoms with E-state index in [0.29, 0.717) is 10.5 Å². The van der Waals surface area contributed by atoms with E-state index in [1.165, 1.54) is 41.7 Å². The van der Waals surface area contributed by atoms with E-state index in [-0.39, 0.29) is 10.8 Å². The van der Waals surface area contributed by atoms with E-state index in [4.69, 9.17) is 0 Å². The Labute approximate surface area is 139 Å². The fourth-order valence-corrected chi connectivity index (χ4v) is 5.87. The average Bonchev–Trinajstić information content (AvgIpc) is 2.92. The van der Waals surface area contributed by atoms with Crippen molar-refractivity contribution in [2.45, 2.75) is 94.1 Å². The molecular formula is C20H30OS. The number of hydrogen-bond donors (Lipinski definition) is 1. The number of thioether (sulfide) groups is 1. The van der Waals surface area contributed by atoms with Gasteiger partial charge in [0.05, 0.1) is 0 Å². The third-order valence-electron chi connectivity index (χ3n) is 5.26. The second-order valence-electron chi connectivity index (χ2n) is 9.29. The number of hydrogen-bond acceptors (Lipinski definition) is 2. The van der Waals surface area contributed by atoms with E-state index in [1.807, 2.05) is 0 Å². The number of aromatic hydroxyl groups is 1. The van der Waals surface area contributed by atoms with Gasteiger partial charge in [-0.25, -0.2) is 0 Å². The highest BCUT2D eigenvalue weighted by Crippen LogP contribution is 2.58. The van der Waals surface area contributed by atoms with E-state index in [2.05, 4.69) is 59.4 Å². The van der Waals surface area contributed by atoms with Crippen LogP contribution in [0.25, 0.3) is 0 Å². The van der Waals surface area contributed by atoms with E-state index < -0.39 is 0 Å². The third-order valence-corrected chi connectivity index (χ3v) is 6.83. The number of fused-ring (bicyclic) bond motifs is 1. The summed E-state index contributed by atoms with van der Waals surface area (Å²) in [5.74, 6) is 0.550. The zero-order valence-corrected chi connectivity index (χ0v) is 15.8. The molecule has 2 heteroatoms. The first kappa shape index (κ1) is 16.2. The maximum atomic E-state index is 11.0. The minimum atomic E-state index is -0.0227. The molecule has 3 rings (SSSR count). The maximum absolute atomic E-state index is 11.0. The van der Waals surface area contributed by atoms with Gasteiger partial charge in [-0.2, -0.15) is 0 Å². The molecule has 1 aromatic carbocycles. The molecule has 1 heterocycles. The summed E-state index contributed by atoms with van der Waals surface area (Å²) in [6, 6.07) is 2.29. The summed E-state index contributed by atoms with van der Waals surface area (Å²) in [5.41, 5.74) is 3.71. The molecule has 122 valence electrons. The maximum Gasteiger partial charge on any atom is 0.123 e. The van der Waals surface area contributed by atoms with Crippen molar-refractivity contribution >= 4 is 11.8 Å². The van der Waals surface area contributed by atoms with Crippen molar-refractivity contribution < 1.29 is 5.11 Å². The van der Waals surface area contributed by atoms with Crippen LogP contribution in [0.5, 0.6) is 5.75 Å². The Balaban J connectivity index is 2.20. The van der Waals surface area contributed by atoms with Crippen LogP contribution in [0.15, 0.2) is 11.0 Å². The highest BCUT2D eigenvalue weighted by atomic mass is 32.2. The van der Waals surface area contributed by atoms with Gasteiger partial charge in [0.25, 0.3) is 0 Å². The Morgan fingerprint density at radius 3 is 2.09 bits per heavy atom. The molecule has 0 unspecified atom stereocenters. The van der Waals surface area contributed by atoms with Gasteiger partial charge in [-0.3, -0.25) is 0 Å². The minimum absolute atomic E-state index is 0.0138. The molecule has 0 radical (unpaired) electrons. The quantitative estimate of drug-likeness (QED) is 0.638. The van der Waals surface area contributed by atoms with Crippen molar-refractivity contribution in [2.24, 2.45) is 0 Å². The summed E-state index contributed by atoms with van der Waals surface area (Å²) in [4.78, 5) is 1.44. The lowest BCUT2D eigenvalue weighted by molar-refractivity contribution is 0.419. The van der Waals surface area contributed by atoms with Crippen molar-refractivity contribution in [1.29, 1.82) is 0 Å². The molecule has 1 saturated carbocycles. The third kappa shape index (κ3) is 2.58. The van der Waals surface area contributed by atoms with Crippen molar-refractivity contribution in [2.75, 3.05) is 0 Å². The Morgan fingerprint density at radius 1 is 1.00 bits per heavy atom. The standard InChI is InChI=1S/C20H30OS/c1-18(2,3)14-11-15-13(16(17(14)21)19(4,5)6)12-20(22-15)9-7-8-10-20/h11,21H,7-10,12H2,1-6H3. The van der Waals surface area contributed by atoms with Gasteiger partial charge in [0.1, 0.15) is 5.75 Å². The molecule has 1 aliphatic heterocycles. The fourth-order valence-electron chi connectivity index (χ4n) is 4.22. The van der Waals surface area contributed by atoms with E-state index in [9.17, 15) is 5.11 Å². The zero-order chi connectivity index (χ0) is 16.3. The van der Waals surface area contributed by atoms with Gasteiger partial charge in [0, 0.05) is 20.8 Å². The van der Waals surface area contributed by atoms with Gasteiger partial charge >= 0.3 is 0 Å². The smallest absolute Gasteiger partial charge is 0.123 e. The minimum Gasteiger partial charge on any atom is -0.507 e. The monoisotopic (exact) mass is 318 g/mol. The van der Waals surface area contributed by atoms with Gasteiger partial charge in [0.15, 0.2) is 0 Å². The van der Waals surface area contributed by atoms with Gasteiger partial charge in [0.2, 0.25) is 0 Å². The molecule has 1 fully saturated rings. The van der Waals surface area contributed by atoms with Crippen LogP contribution in [0.3, 0.4) is 0 Å². The summed E-state index contributed by atoms with van der Waals surface area (Å²) in [7, 11) is 0. The van der Waals surface area contributed by atoms with Gasteiger partial charge in [-0.05, 0) is 41.7 Å². The normalized spacial score (nSPS) is 20.6. The lowest BCUT2D eigenvalue weighted by atomic mass is 9.76. The van der Waals surface area contributed by atoms with Crippen LogP contribution in [-0.4, -0.2) is 9.85 Å². The van der Waals surface area contributed by atoms with Crippen molar-refractivity contribution in [3.63, 3.8) is 0 Å². The summed E-state index contributed by atoms with van der Waals surface area (Å²) in [6.07, 6.45) is 6.55. The molecule has 1 nitrogen and oxygen atoms in total. The number of phenolic OH excluding ortho intramolecular Hbond substituents is 1. The molecule has 1 aromatic rings. The van der Waals surface area contributed by atoms with E-state index >= 15 is 0 Å². The number of benzene rings is 1. The highest BCUT2D eigenvalue weighted by molar-refractivity contribution is 8.01. The van der Waals surface area contributed by atoms with E-state index in [1.54, 1.807) is 0 Å². The Morgan fingerprint density at radius 2 is 1.59 bits per heavy atom. The van der Waals surface area contributed by atoms with Crippen LogP contribution < -0.4 is 0 Å². The summed E-state index contributed by atoms with van der Waals surface area (Å²) >= 11 is 2.10. The molecule has 1 N–H and O–H groups in total. The molecule has 0 saturated heterocycles. The molecule has 0 bridgehead atoms. The van der Waals surface area contributed by atoms with Crippen molar-refractivity contribution in [3.05, 3.63) is 22.8 Å². The van der Waals surface area contributed by atoms with Crippen molar-refractivity contribution in [1.82, 2.24) is 0 Å². The van der Waals surface area contributed by atoms with Gasteiger partial charge in [-0.1, -0.05) is 54.4 Å². The summed E-state index contributed by atoms with van der Waals surface area (Å²) < 4.78 is 0.422. The van der Waals surface area contributed by atoms with Crippen LogP contribution in [0, 0.1) is 0 Å². The molecular weight excluding hydrogens is 288 g/mol. The Kier molecular flexibility index (Phi) is 3.64. The molecule has 0 amide bonds. The van der Waals surface area contributed by atoms with Crippen LogP contribution in [0.2, 0.25) is 0 Å². The van der Waals surface area contributed by atoms with E-state index in [0.717, 1.165) is 12.0 Å². The zero-order valence-electron chi connectivity index (χ0n) is 15.0. The highest BCUT2D eigenvalue weighted by Gasteiger charge is 2.44. The first-order valence-electron chi connectivity index (χ1n) is 8.62. The number of phenols is 1. The second-order valence-corrected chi connectivity index (χ2v) is 10.8. The predicted molar refractivity (Wildman–Crippen MR) is 96.3 cm³/mol. The van der Waals surface area contributed by atoms with Crippen LogP contribution in [0.1, 0.15) is 83.9 Å². The number of rotatable bonds is 0. The molecule has 2 aliphatic rings. The SMILES string of the molecule is CC(C)(C)c1cc2c(c(C(C)(C)C)c1O)CC1(CCCC1)S2. The lowest BCUT2D eigenvalue weighted by Gasteiger charge is -2.29. The fraction of sp³-hybridized carbons (Fsp3) is 0.700. The first-order chi connectivity index (χ1) is 10.0. The van der Waals surface area contributed by atoms with Gasteiger partial charge in [-0.15, -0.1) is 11.8 Å². The lowest BCUT2D eigenvalue weighted by Crippen LogP contribution is -2.22.